The Morgan fingerprint density at radius 1 is 1.41 bits per heavy atom. The van der Waals surface area contributed by atoms with Gasteiger partial charge in [0.05, 0.1) is 16.4 Å². The number of benzene rings is 1. The summed E-state index contributed by atoms with van der Waals surface area (Å²) in [6.45, 7) is 3.84. The van der Waals surface area contributed by atoms with Crippen LogP contribution in [0.2, 0.25) is 5.02 Å². The summed E-state index contributed by atoms with van der Waals surface area (Å²) >= 11 is 7.41. The molecule has 0 fully saturated rings. The Morgan fingerprint density at radius 2 is 2.18 bits per heavy atom. The van der Waals surface area contributed by atoms with Crippen molar-refractivity contribution in [1.29, 1.82) is 0 Å². The molecule has 5 heteroatoms. The van der Waals surface area contributed by atoms with Crippen LogP contribution in [0.1, 0.15) is 17.0 Å². The monoisotopic (exact) mass is 268 g/mol. The average molecular weight is 269 g/mol. The van der Waals surface area contributed by atoms with Crippen molar-refractivity contribution in [3.05, 3.63) is 40.2 Å². The molecule has 0 unspecified atom stereocenters. The van der Waals surface area contributed by atoms with Gasteiger partial charge in [-0.15, -0.1) is 0 Å². The molecule has 1 aromatic carbocycles. The highest BCUT2D eigenvalue weighted by Crippen LogP contribution is 2.26. The zero-order valence-corrected chi connectivity index (χ0v) is 11.2. The van der Waals surface area contributed by atoms with E-state index < -0.39 is 0 Å². The maximum atomic E-state index is 5.86. The molecule has 2 aromatic rings. The molecular weight excluding hydrogens is 256 g/mol. The molecule has 0 saturated heterocycles. The van der Waals surface area contributed by atoms with Crippen LogP contribution < -0.4 is 5.73 Å². The number of nitrogens with zero attached hydrogens (tertiary/aromatic N) is 1. The van der Waals surface area contributed by atoms with E-state index in [4.69, 9.17) is 21.8 Å². The molecule has 1 aromatic heterocycles. The van der Waals surface area contributed by atoms with Crippen molar-refractivity contribution >= 4 is 29.1 Å². The third-order valence-electron chi connectivity index (χ3n) is 2.43. The Hall–Kier alpha value is -1.13. The first-order valence-electron chi connectivity index (χ1n) is 5.17. The number of hydrogen-bond acceptors (Lipinski definition) is 4. The van der Waals surface area contributed by atoms with E-state index in [2.05, 4.69) is 4.98 Å². The molecule has 2 N–H and O–H groups in total. The van der Waals surface area contributed by atoms with Gasteiger partial charge in [0.25, 0.3) is 5.22 Å². The van der Waals surface area contributed by atoms with Gasteiger partial charge < -0.3 is 10.2 Å². The van der Waals surface area contributed by atoms with Gasteiger partial charge in [0.1, 0.15) is 5.76 Å². The molecule has 17 heavy (non-hydrogen) atoms. The number of aryl methyl sites for hydroxylation is 2. The van der Waals surface area contributed by atoms with Crippen molar-refractivity contribution < 1.29 is 4.42 Å². The first kappa shape index (κ1) is 12.3. The molecule has 0 aliphatic heterocycles. The number of halogens is 1. The summed E-state index contributed by atoms with van der Waals surface area (Å²) in [5, 5.41) is 1.27. The summed E-state index contributed by atoms with van der Waals surface area (Å²) in [4.78, 5) is 4.30. The molecule has 90 valence electrons. The molecule has 0 bridgehead atoms. The van der Waals surface area contributed by atoms with E-state index in [1.165, 1.54) is 0 Å². The van der Waals surface area contributed by atoms with Crippen molar-refractivity contribution in [2.45, 2.75) is 24.8 Å². The second-order valence-electron chi connectivity index (χ2n) is 3.77. The lowest BCUT2D eigenvalue weighted by molar-refractivity contribution is 0.431. The number of thioether (sulfide) groups is 1. The van der Waals surface area contributed by atoms with E-state index >= 15 is 0 Å². The number of nitrogen functional groups attached to an aromatic ring is 1. The predicted molar refractivity (Wildman–Crippen MR) is 71.4 cm³/mol. The average Bonchev–Trinajstić information content (AvgIpc) is 2.60. The van der Waals surface area contributed by atoms with Crippen LogP contribution in [0.25, 0.3) is 0 Å². The maximum Gasteiger partial charge on any atom is 0.256 e. The van der Waals surface area contributed by atoms with E-state index in [0.717, 1.165) is 22.8 Å². The van der Waals surface area contributed by atoms with Crippen molar-refractivity contribution in [1.82, 2.24) is 4.98 Å². The third kappa shape index (κ3) is 2.96. The Balaban J connectivity index is 2.04. The SMILES string of the molecule is Cc1nc(SCc2ccc(Cl)c(N)c2)oc1C. The summed E-state index contributed by atoms with van der Waals surface area (Å²) < 4.78 is 5.48. The number of rotatable bonds is 3. The van der Waals surface area contributed by atoms with Crippen LogP contribution in [-0.4, -0.2) is 4.98 Å². The highest BCUT2D eigenvalue weighted by Gasteiger charge is 2.07. The molecule has 0 radical (unpaired) electrons. The Bertz CT molecular complexity index is 520. The lowest BCUT2D eigenvalue weighted by Crippen LogP contribution is -1.89. The standard InChI is InChI=1S/C12H13ClN2OS/c1-7-8(2)16-12(15-7)17-6-9-3-4-10(13)11(14)5-9/h3-5H,6,14H2,1-2H3. The zero-order chi connectivity index (χ0) is 12.4. The molecule has 1 heterocycles. The summed E-state index contributed by atoms with van der Waals surface area (Å²) in [6.07, 6.45) is 0. The van der Waals surface area contributed by atoms with Gasteiger partial charge in [-0.05, 0) is 31.5 Å². The minimum absolute atomic E-state index is 0.585. The van der Waals surface area contributed by atoms with Gasteiger partial charge in [-0.3, -0.25) is 0 Å². The first-order valence-corrected chi connectivity index (χ1v) is 6.53. The van der Waals surface area contributed by atoms with Gasteiger partial charge in [0, 0.05) is 5.75 Å². The van der Waals surface area contributed by atoms with Crippen LogP contribution in [0.5, 0.6) is 0 Å². The minimum Gasteiger partial charge on any atom is -0.437 e. The summed E-state index contributed by atoms with van der Waals surface area (Å²) in [7, 11) is 0. The van der Waals surface area contributed by atoms with Crippen molar-refractivity contribution in [3.63, 3.8) is 0 Å². The third-order valence-corrected chi connectivity index (χ3v) is 3.68. The Kier molecular flexibility index (Phi) is 3.64. The largest absolute Gasteiger partial charge is 0.437 e. The molecule has 0 saturated carbocycles. The lowest BCUT2D eigenvalue weighted by Gasteiger charge is -2.02. The van der Waals surface area contributed by atoms with Gasteiger partial charge in [0.15, 0.2) is 0 Å². The topological polar surface area (TPSA) is 52.0 Å². The van der Waals surface area contributed by atoms with E-state index in [1.807, 2.05) is 26.0 Å². The van der Waals surface area contributed by atoms with Crippen molar-refractivity contribution in [2.24, 2.45) is 0 Å². The van der Waals surface area contributed by atoms with E-state index in [1.54, 1.807) is 17.8 Å². The molecular formula is C12H13ClN2OS. The summed E-state index contributed by atoms with van der Waals surface area (Å²) in [6, 6.07) is 5.63. The van der Waals surface area contributed by atoms with Gasteiger partial charge in [-0.1, -0.05) is 29.4 Å². The highest BCUT2D eigenvalue weighted by atomic mass is 35.5. The van der Waals surface area contributed by atoms with Gasteiger partial charge >= 0.3 is 0 Å². The predicted octanol–water partition coefficient (Wildman–Crippen LogP) is 3.82. The number of hydrogen-bond donors (Lipinski definition) is 1. The zero-order valence-electron chi connectivity index (χ0n) is 9.66. The van der Waals surface area contributed by atoms with Gasteiger partial charge in [-0.2, -0.15) is 0 Å². The molecule has 2 rings (SSSR count). The Labute approximate surface area is 109 Å². The number of nitrogens with two attached hydrogens (primary N) is 1. The minimum atomic E-state index is 0.585. The fraction of sp³-hybridized carbons (Fsp3) is 0.250. The second kappa shape index (κ2) is 5.02. The van der Waals surface area contributed by atoms with Crippen LogP contribution in [0, 0.1) is 13.8 Å². The molecule has 0 amide bonds. The molecule has 0 aliphatic carbocycles. The van der Waals surface area contributed by atoms with Crippen molar-refractivity contribution in [3.8, 4) is 0 Å². The number of aromatic nitrogens is 1. The van der Waals surface area contributed by atoms with Crippen LogP contribution in [-0.2, 0) is 5.75 Å². The van der Waals surface area contributed by atoms with E-state index in [9.17, 15) is 0 Å². The normalized spacial score (nSPS) is 10.8. The van der Waals surface area contributed by atoms with E-state index in [-0.39, 0.29) is 0 Å². The molecule has 0 aliphatic rings. The van der Waals surface area contributed by atoms with Crippen LogP contribution in [0.3, 0.4) is 0 Å². The highest BCUT2D eigenvalue weighted by molar-refractivity contribution is 7.98. The fourth-order valence-electron chi connectivity index (χ4n) is 1.33. The second-order valence-corrected chi connectivity index (χ2v) is 5.10. The fourth-order valence-corrected chi connectivity index (χ4v) is 2.31. The maximum absolute atomic E-state index is 5.86. The number of oxazole rings is 1. The molecule has 0 atom stereocenters. The van der Waals surface area contributed by atoms with E-state index in [0.29, 0.717) is 15.9 Å². The number of anilines is 1. The quantitative estimate of drug-likeness (QED) is 0.679. The lowest BCUT2D eigenvalue weighted by atomic mass is 10.2. The van der Waals surface area contributed by atoms with Crippen LogP contribution in [0.15, 0.2) is 27.8 Å². The van der Waals surface area contributed by atoms with Crippen molar-refractivity contribution in [2.75, 3.05) is 5.73 Å². The van der Waals surface area contributed by atoms with Crippen LogP contribution in [0.4, 0.5) is 5.69 Å². The Morgan fingerprint density at radius 3 is 2.76 bits per heavy atom. The van der Waals surface area contributed by atoms with Gasteiger partial charge in [-0.25, -0.2) is 4.98 Å². The summed E-state index contributed by atoms with van der Waals surface area (Å²) in [5.41, 5.74) is 8.37. The van der Waals surface area contributed by atoms with Crippen LogP contribution >= 0.6 is 23.4 Å². The molecule has 3 nitrogen and oxygen atoms in total. The summed E-state index contributed by atoms with van der Waals surface area (Å²) in [5.74, 6) is 1.63. The van der Waals surface area contributed by atoms with Gasteiger partial charge in [0.2, 0.25) is 0 Å². The molecule has 0 spiro atoms. The first-order chi connectivity index (χ1) is 8.06. The smallest absolute Gasteiger partial charge is 0.256 e.